The van der Waals surface area contributed by atoms with Gasteiger partial charge in [-0.1, -0.05) is 41.9 Å². The summed E-state index contributed by atoms with van der Waals surface area (Å²) < 4.78 is 19.1. The van der Waals surface area contributed by atoms with E-state index in [1.54, 1.807) is 24.4 Å². The zero-order valence-corrected chi connectivity index (χ0v) is 31.4. The number of carboxylic acids is 1. The second kappa shape index (κ2) is 18.1. The van der Waals surface area contributed by atoms with Gasteiger partial charge in [0.15, 0.2) is 0 Å². The molecular weight excluding hydrogens is 708 g/mol. The molecule has 3 atom stereocenters. The van der Waals surface area contributed by atoms with Gasteiger partial charge in [-0.25, -0.2) is 0 Å². The number of hydrogen-bond donors (Lipinski definition) is 4. The second-order valence-electron chi connectivity index (χ2n) is 14.0. The van der Waals surface area contributed by atoms with E-state index < -0.39 is 18.1 Å². The summed E-state index contributed by atoms with van der Waals surface area (Å²) in [5.74, 6) is 0.517. The molecular formula is C42H47ClN4O7. The number of aromatic nitrogens is 1. The van der Waals surface area contributed by atoms with Gasteiger partial charge in [0.05, 0.1) is 29.4 Å². The molecule has 0 bridgehead atoms. The van der Waals surface area contributed by atoms with Gasteiger partial charge in [-0.3, -0.25) is 15.1 Å². The summed E-state index contributed by atoms with van der Waals surface area (Å²) in [6.07, 6.45) is 5.65. The van der Waals surface area contributed by atoms with Gasteiger partial charge in [-0.05, 0) is 92.0 Å². The molecule has 11 nitrogen and oxygen atoms in total. The maximum absolute atomic E-state index is 11.7. The predicted molar refractivity (Wildman–Crippen MR) is 205 cm³/mol. The fourth-order valence-electron chi connectivity index (χ4n) is 7.23. The molecule has 1 aliphatic heterocycles. The molecule has 0 unspecified atom stereocenters. The highest BCUT2D eigenvalue weighted by molar-refractivity contribution is 6.32. The molecule has 0 radical (unpaired) electrons. The van der Waals surface area contributed by atoms with Crippen molar-refractivity contribution in [2.45, 2.75) is 83.5 Å². The van der Waals surface area contributed by atoms with Gasteiger partial charge in [0, 0.05) is 55.8 Å². The van der Waals surface area contributed by atoms with E-state index >= 15 is 0 Å². The summed E-state index contributed by atoms with van der Waals surface area (Å²) in [5.41, 5.74) is 7.29. The summed E-state index contributed by atoms with van der Waals surface area (Å²) in [5, 5.41) is 41.9. The Morgan fingerprint density at radius 2 is 1.83 bits per heavy atom. The van der Waals surface area contributed by atoms with Crippen LogP contribution in [0.25, 0.3) is 11.1 Å². The van der Waals surface area contributed by atoms with E-state index in [1.165, 1.54) is 18.7 Å². The Balaban J connectivity index is 1.19. The number of likely N-dealkylation sites (tertiary alicyclic amines) is 1. The molecule has 1 aromatic heterocycles. The zero-order chi connectivity index (χ0) is 38.2. The molecule has 3 aromatic carbocycles. The molecule has 0 saturated carbocycles. The van der Waals surface area contributed by atoms with Crippen molar-refractivity contribution in [2.24, 2.45) is 0 Å². The van der Waals surface area contributed by atoms with Gasteiger partial charge < -0.3 is 34.4 Å². The molecule has 2 aliphatic rings. The van der Waals surface area contributed by atoms with Crippen LogP contribution in [0.2, 0.25) is 5.02 Å². The average Bonchev–Trinajstić information content (AvgIpc) is 3.58. The fourth-order valence-corrected chi connectivity index (χ4v) is 7.46. The summed E-state index contributed by atoms with van der Waals surface area (Å²) in [6, 6.07) is 18.4. The topological polar surface area (TPSA) is 157 Å². The summed E-state index contributed by atoms with van der Waals surface area (Å²) >= 11 is 6.82. The highest BCUT2D eigenvalue weighted by atomic mass is 35.5. The molecule has 4 aromatic rings. The molecule has 54 heavy (non-hydrogen) atoms. The molecule has 1 aliphatic carbocycles. The van der Waals surface area contributed by atoms with Crippen LogP contribution < -0.4 is 19.5 Å². The van der Waals surface area contributed by atoms with Gasteiger partial charge in [0.25, 0.3) is 0 Å². The van der Waals surface area contributed by atoms with Gasteiger partial charge in [-0.15, -0.1) is 0 Å². The first-order chi connectivity index (χ1) is 26.1. The van der Waals surface area contributed by atoms with Crippen molar-refractivity contribution in [1.82, 2.24) is 15.2 Å². The van der Waals surface area contributed by atoms with Crippen LogP contribution in [0.15, 0.2) is 67.0 Å². The molecule has 12 heteroatoms. The van der Waals surface area contributed by atoms with Crippen LogP contribution in [0.1, 0.15) is 72.1 Å². The molecule has 0 amide bonds. The Bertz CT molecular complexity index is 1970. The summed E-state index contributed by atoms with van der Waals surface area (Å²) in [4.78, 5) is 18.3. The standard InChI is InChI=1S/C42H47ClN4O7/c1-26-32(6-4-9-37(26)52-17-5-14-47-15-12-31(49)13-16-47)33-7-3-8-35-34(33)10-11-38(35)54-40-20-39(53-25-29-18-28(21-44)22-45-23-29)30(19-36(40)43)24-46-41(27(2)48)42(50)51/h3-4,6-9,18-20,22-23,27,31,38,41,46,48-49H,5,10-17,24-25H2,1-2H3,(H,50,51)/t27-,38-,41+/m1/s1. The van der Waals surface area contributed by atoms with Crippen LogP contribution >= 0.6 is 11.6 Å². The lowest BCUT2D eigenvalue weighted by molar-refractivity contribution is -0.142. The smallest absolute Gasteiger partial charge is 0.323 e. The lowest BCUT2D eigenvalue weighted by atomic mass is 9.93. The Labute approximate surface area is 321 Å². The van der Waals surface area contributed by atoms with Crippen molar-refractivity contribution in [3.8, 4) is 34.4 Å². The highest BCUT2D eigenvalue weighted by Crippen LogP contribution is 2.44. The number of pyridine rings is 1. The molecule has 4 N–H and O–H groups in total. The number of nitrogens with one attached hydrogen (secondary N) is 1. The van der Waals surface area contributed by atoms with Crippen LogP contribution in [0, 0.1) is 18.3 Å². The Hall–Kier alpha value is -4.70. The van der Waals surface area contributed by atoms with Crippen molar-refractivity contribution >= 4 is 17.6 Å². The number of ether oxygens (including phenoxy) is 3. The lowest BCUT2D eigenvalue weighted by Crippen LogP contribution is -2.44. The first-order valence-electron chi connectivity index (χ1n) is 18.5. The number of aliphatic hydroxyl groups is 2. The van der Waals surface area contributed by atoms with Crippen molar-refractivity contribution in [1.29, 1.82) is 5.26 Å². The van der Waals surface area contributed by atoms with E-state index in [9.17, 15) is 25.4 Å². The minimum atomic E-state index is -1.20. The van der Waals surface area contributed by atoms with E-state index in [4.69, 9.17) is 25.8 Å². The van der Waals surface area contributed by atoms with Crippen LogP contribution in [0.3, 0.4) is 0 Å². The maximum Gasteiger partial charge on any atom is 0.323 e. The normalized spacial score (nSPS) is 17.0. The fraction of sp³-hybridized carbons (Fsp3) is 0.405. The lowest BCUT2D eigenvalue weighted by Gasteiger charge is -2.29. The SMILES string of the molecule is Cc1c(OCCCN2CCC(O)CC2)cccc1-c1cccc2c1CC[C@H]2Oc1cc(OCc2cncc(C#N)c2)c(CN[C@H](C(=O)O)[C@@H](C)O)cc1Cl. The first-order valence-corrected chi connectivity index (χ1v) is 18.8. The molecule has 1 saturated heterocycles. The van der Waals surface area contributed by atoms with Gasteiger partial charge in [0.1, 0.15) is 42.1 Å². The quantitative estimate of drug-likeness (QED) is 0.0942. The van der Waals surface area contributed by atoms with Crippen molar-refractivity contribution < 1.29 is 34.3 Å². The van der Waals surface area contributed by atoms with Gasteiger partial charge in [-0.2, -0.15) is 5.26 Å². The number of benzene rings is 3. The van der Waals surface area contributed by atoms with Gasteiger partial charge in [0.2, 0.25) is 0 Å². The zero-order valence-electron chi connectivity index (χ0n) is 30.6. The number of aliphatic carboxylic acids is 1. The van der Waals surface area contributed by atoms with Crippen LogP contribution in [-0.4, -0.2) is 75.7 Å². The third kappa shape index (κ3) is 9.50. The number of hydrogen-bond acceptors (Lipinski definition) is 10. The number of piperidine rings is 1. The third-order valence-electron chi connectivity index (χ3n) is 10.2. The number of carboxylic acid groups (broad SMARTS) is 1. The Morgan fingerprint density at radius 1 is 1.06 bits per heavy atom. The van der Waals surface area contributed by atoms with Crippen molar-refractivity contribution in [2.75, 3.05) is 26.2 Å². The number of nitriles is 1. The highest BCUT2D eigenvalue weighted by Gasteiger charge is 2.29. The number of fused-ring (bicyclic) bond motifs is 1. The monoisotopic (exact) mass is 754 g/mol. The van der Waals surface area contributed by atoms with Gasteiger partial charge >= 0.3 is 5.97 Å². The molecule has 284 valence electrons. The minimum Gasteiger partial charge on any atom is -0.493 e. The van der Waals surface area contributed by atoms with E-state index in [1.807, 2.05) is 18.2 Å². The molecule has 0 spiro atoms. The van der Waals surface area contributed by atoms with E-state index in [0.29, 0.717) is 39.8 Å². The minimum absolute atomic E-state index is 0.0505. The van der Waals surface area contributed by atoms with E-state index in [0.717, 1.165) is 79.7 Å². The summed E-state index contributed by atoms with van der Waals surface area (Å²) in [6.45, 7) is 7.09. The van der Waals surface area contributed by atoms with Crippen molar-refractivity contribution in [3.63, 3.8) is 0 Å². The number of rotatable bonds is 16. The van der Waals surface area contributed by atoms with Crippen LogP contribution in [0.4, 0.5) is 0 Å². The maximum atomic E-state index is 11.7. The Morgan fingerprint density at radius 3 is 2.59 bits per heavy atom. The summed E-state index contributed by atoms with van der Waals surface area (Å²) in [7, 11) is 0. The number of halogens is 1. The molecule has 6 rings (SSSR count). The second-order valence-corrected chi connectivity index (χ2v) is 14.4. The van der Waals surface area contributed by atoms with Crippen molar-refractivity contribution in [3.05, 3.63) is 105 Å². The number of nitrogens with zero attached hydrogens (tertiary/aromatic N) is 3. The third-order valence-corrected chi connectivity index (χ3v) is 10.5. The Kier molecular flexibility index (Phi) is 13.1. The van der Waals surface area contributed by atoms with E-state index in [-0.39, 0.29) is 25.4 Å². The average molecular weight is 755 g/mol. The van der Waals surface area contributed by atoms with Crippen LogP contribution in [-0.2, 0) is 24.4 Å². The largest absolute Gasteiger partial charge is 0.493 e. The van der Waals surface area contributed by atoms with Crippen LogP contribution in [0.5, 0.6) is 17.2 Å². The molecule has 1 fully saturated rings. The number of carbonyl (C=O) groups is 1. The number of aliphatic hydroxyl groups excluding tert-OH is 2. The van der Waals surface area contributed by atoms with E-state index in [2.05, 4.69) is 46.4 Å². The first kappa shape index (κ1) is 39.0. The predicted octanol–water partition coefficient (Wildman–Crippen LogP) is 6.38. The molecule has 2 heterocycles.